The third kappa shape index (κ3) is 1.40. The topological polar surface area (TPSA) is 40.8 Å². The third-order valence-corrected chi connectivity index (χ3v) is 4.45. The van der Waals surface area contributed by atoms with Gasteiger partial charge < -0.3 is 14.7 Å². The molecule has 2 aromatic heterocycles. The molecule has 2 N–H and O–H groups in total. The second kappa shape index (κ2) is 4.04. The fourth-order valence-corrected chi connectivity index (χ4v) is 3.41. The van der Waals surface area contributed by atoms with E-state index in [-0.39, 0.29) is 0 Å². The Morgan fingerprint density at radius 2 is 1.55 bits per heavy atom. The molecule has 0 fully saturated rings. The zero-order chi connectivity index (χ0) is 14.7. The van der Waals surface area contributed by atoms with Crippen LogP contribution < -0.4 is 4.74 Å². The molecule has 3 aromatic carbocycles. The maximum absolute atomic E-state index is 5.39. The second-order valence-electron chi connectivity index (χ2n) is 5.62. The molecule has 5 aromatic rings. The van der Waals surface area contributed by atoms with Crippen LogP contribution in [0.4, 0.5) is 0 Å². The molecule has 106 valence electrons. The average Bonchev–Trinajstić information content (AvgIpc) is 3.11. The summed E-state index contributed by atoms with van der Waals surface area (Å²) in [4.78, 5) is 7.07. The Labute approximate surface area is 126 Å². The minimum Gasteiger partial charge on any atom is -0.497 e. The van der Waals surface area contributed by atoms with Gasteiger partial charge in [0.25, 0.3) is 0 Å². The molecule has 0 saturated carbocycles. The first-order valence-corrected chi connectivity index (χ1v) is 7.34. The SMILES string of the molecule is COc1ccc2[nH]c3ccc4c5ccccc5[nH]c4c3c2c1. The Morgan fingerprint density at radius 1 is 0.727 bits per heavy atom. The van der Waals surface area contributed by atoms with E-state index in [1.807, 2.05) is 6.07 Å². The van der Waals surface area contributed by atoms with Gasteiger partial charge in [0.15, 0.2) is 0 Å². The van der Waals surface area contributed by atoms with Crippen molar-refractivity contribution in [2.24, 2.45) is 0 Å². The van der Waals surface area contributed by atoms with Gasteiger partial charge in [-0.15, -0.1) is 0 Å². The van der Waals surface area contributed by atoms with Crippen LogP contribution >= 0.6 is 0 Å². The van der Waals surface area contributed by atoms with Crippen molar-refractivity contribution in [3.05, 3.63) is 54.6 Å². The minimum absolute atomic E-state index is 0.876. The van der Waals surface area contributed by atoms with Crippen LogP contribution in [0, 0.1) is 0 Å². The highest BCUT2D eigenvalue weighted by atomic mass is 16.5. The third-order valence-electron chi connectivity index (χ3n) is 4.45. The number of hydrogen-bond donors (Lipinski definition) is 2. The van der Waals surface area contributed by atoms with Crippen LogP contribution in [0.15, 0.2) is 54.6 Å². The largest absolute Gasteiger partial charge is 0.497 e. The predicted octanol–water partition coefficient (Wildman–Crippen LogP) is 4.96. The summed E-state index contributed by atoms with van der Waals surface area (Å²) >= 11 is 0. The molecule has 0 aliphatic rings. The maximum Gasteiger partial charge on any atom is 0.119 e. The Hall–Kier alpha value is -2.94. The number of aromatic amines is 2. The van der Waals surface area contributed by atoms with Gasteiger partial charge in [-0.05, 0) is 30.3 Å². The van der Waals surface area contributed by atoms with E-state index in [0.29, 0.717) is 0 Å². The van der Waals surface area contributed by atoms with E-state index in [2.05, 4.69) is 58.5 Å². The van der Waals surface area contributed by atoms with Crippen LogP contribution in [0.25, 0.3) is 43.6 Å². The summed E-state index contributed by atoms with van der Waals surface area (Å²) in [5.41, 5.74) is 4.62. The van der Waals surface area contributed by atoms with Crippen LogP contribution in [0.1, 0.15) is 0 Å². The Bertz CT molecular complexity index is 1160. The van der Waals surface area contributed by atoms with Crippen LogP contribution in [0.3, 0.4) is 0 Å². The van der Waals surface area contributed by atoms with Gasteiger partial charge in [-0.1, -0.05) is 24.3 Å². The lowest BCUT2D eigenvalue weighted by molar-refractivity contribution is 0.415. The quantitative estimate of drug-likeness (QED) is 0.449. The Kier molecular flexibility index (Phi) is 2.15. The molecule has 0 saturated heterocycles. The minimum atomic E-state index is 0.876. The van der Waals surface area contributed by atoms with E-state index < -0.39 is 0 Å². The average molecular weight is 286 g/mol. The molecule has 0 radical (unpaired) electrons. The molecular formula is C19H14N2O. The van der Waals surface area contributed by atoms with E-state index in [1.165, 1.54) is 32.6 Å². The molecule has 22 heavy (non-hydrogen) atoms. The number of hydrogen-bond acceptors (Lipinski definition) is 1. The molecular weight excluding hydrogens is 272 g/mol. The van der Waals surface area contributed by atoms with Gasteiger partial charge in [-0.25, -0.2) is 0 Å². The van der Waals surface area contributed by atoms with Crippen LogP contribution in [-0.2, 0) is 0 Å². The lowest BCUT2D eigenvalue weighted by Crippen LogP contribution is -1.81. The summed E-state index contributed by atoms with van der Waals surface area (Å²) in [6.07, 6.45) is 0. The fourth-order valence-electron chi connectivity index (χ4n) is 3.41. The van der Waals surface area contributed by atoms with E-state index in [9.17, 15) is 0 Å². The molecule has 0 unspecified atom stereocenters. The summed E-state index contributed by atoms with van der Waals surface area (Å²) in [6.45, 7) is 0. The Morgan fingerprint density at radius 3 is 2.45 bits per heavy atom. The smallest absolute Gasteiger partial charge is 0.119 e. The molecule has 0 bridgehead atoms. The molecule has 2 heterocycles. The van der Waals surface area contributed by atoms with Crippen molar-refractivity contribution >= 4 is 43.6 Å². The van der Waals surface area contributed by atoms with Gasteiger partial charge in [0.2, 0.25) is 0 Å². The van der Waals surface area contributed by atoms with E-state index in [4.69, 9.17) is 4.74 Å². The van der Waals surface area contributed by atoms with E-state index >= 15 is 0 Å². The van der Waals surface area contributed by atoms with Crippen LogP contribution in [0.5, 0.6) is 5.75 Å². The summed E-state index contributed by atoms with van der Waals surface area (Å²) in [7, 11) is 1.70. The van der Waals surface area contributed by atoms with E-state index in [0.717, 1.165) is 16.8 Å². The fraction of sp³-hybridized carbons (Fsp3) is 0.0526. The first-order valence-electron chi connectivity index (χ1n) is 7.34. The maximum atomic E-state index is 5.39. The molecule has 5 rings (SSSR count). The number of fused-ring (bicyclic) bond motifs is 7. The van der Waals surface area contributed by atoms with Gasteiger partial charge in [0.1, 0.15) is 5.75 Å². The van der Waals surface area contributed by atoms with Crippen molar-refractivity contribution in [1.82, 2.24) is 9.97 Å². The molecule has 3 nitrogen and oxygen atoms in total. The van der Waals surface area contributed by atoms with Gasteiger partial charge >= 0.3 is 0 Å². The molecule has 0 amide bonds. The summed E-state index contributed by atoms with van der Waals surface area (Å²) in [6, 6.07) is 18.9. The highest BCUT2D eigenvalue weighted by molar-refractivity contribution is 6.24. The van der Waals surface area contributed by atoms with E-state index in [1.54, 1.807) is 7.11 Å². The van der Waals surface area contributed by atoms with Crippen molar-refractivity contribution < 1.29 is 4.74 Å². The van der Waals surface area contributed by atoms with Crippen LogP contribution in [-0.4, -0.2) is 17.1 Å². The molecule has 3 heteroatoms. The number of nitrogens with one attached hydrogen (secondary N) is 2. The van der Waals surface area contributed by atoms with Crippen molar-refractivity contribution in [2.75, 3.05) is 7.11 Å². The zero-order valence-corrected chi connectivity index (χ0v) is 12.1. The number of aromatic nitrogens is 2. The number of ether oxygens (including phenoxy) is 1. The molecule has 0 atom stereocenters. The van der Waals surface area contributed by atoms with Crippen molar-refractivity contribution in [3.8, 4) is 5.75 Å². The highest BCUT2D eigenvalue weighted by Crippen LogP contribution is 2.36. The number of benzene rings is 3. The van der Waals surface area contributed by atoms with Gasteiger partial charge in [0, 0.05) is 38.1 Å². The van der Waals surface area contributed by atoms with Gasteiger partial charge in [0.05, 0.1) is 12.6 Å². The number of para-hydroxylation sites is 1. The standard InChI is InChI=1S/C19H14N2O/c1-22-11-6-8-16-14(10-11)18-17(20-16)9-7-13-12-4-2-3-5-15(12)21-19(13)18/h2-10,20-21H,1H3. The zero-order valence-electron chi connectivity index (χ0n) is 12.1. The van der Waals surface area contributed by atoms with Crippen molar-refractivity contribution in [3.63, 3.8) is 0 Å². The Balaban J connectivity index is 2.05. The summed E-state index contributed by atoms with van der Waals surface area (Å²) in [5, 5.41) is 4.93. The lowest BCUT2D eigenvalue weighted by Gasteiger charge is -1.99. The normalized spacial score (nSPS) is 11.9. The second-order valence-corrected chi connectivity index (χ2v) is 5.62. The van der Waals surface area contributed by atoms with Crippen molar-refractivity contribution in [1.29, 1.82) is 0 Å². The summed E-state index contributed by atoms with van der Waals surface area (Å²) in [5.74, 6) is 0.876. The molecule has 0 aliphatic heterocycles. The lowest BCUT2D eigenvalue weighted by atomic mass is 10.1. The molecule has 0 spiro atoms. The van der Waals surface area contributed by atoms with Gasteiger partial charge in [-0.2, -0.15) is 0 Å². The number of H-pyrrole nitrogens is 2. The first kappa shape index (κ1) is 11.7. The monoisotopic (exact) mass is 286 g/mol. The number of rotatable bonds is 1. The van der Waals surface area contributed by atoms with Crippen molar-refractivity contribution in [2.45, 2.75) is 0 Å². The first-order chi connectivity index (χ1) is 10.8. The summed E-state index contributed by atoms with van der Waals surface area (Å²) < 4.78 is 5.39. The highest BCUT2D eigenvalue weighted by Gasteiger charge is 2.12. The van der Waals surface area contributed by atoms with Crippen LogP contribution in [0.2, 0.25) is 0 Å². The van der Waals surface area contributed by atoms with Gasteiger partial charge in [-0.3, -0.25) is 0 Å². The predicted molar refractivity (Wildman–Crippen MR) is 91.7 cm³/mol. The molecule has 0 aliphatic carbocycles. The number of methoxy groups -OCH3 is 1.